The molecule has 9 heteroatoms. The maximum absolute atomic E-state index is 11.9. The first-order chi connectivity index (χ1) is 18.2. The molecule has 9 nitrogen and oxygen atoms in total. The predicted molar refractivity (Wildman–Crippen MR) is 138 cm³/mol. The van der Waals surface area contributed by atoms with Crippen molar-refractivity contribution in [3.63, 3.8) is 0 Å². The van der Waals surface area contributed by atoms with Crippen LogP contribution in [0.2, 0.25) is 0 Å². The fourth-order valence-corrected chi connectivity index (χ4v) is 6.72. The number of nitrogens with zero attached hydrogens (tertiary/aromatic N) is 6. The highest BCUT2D eigenvalue weighted by atomic mass is 16.5. The van der Waals surface area contributed by atoms with E-state index in [1.54, 1.807) is 0 Å². The largest absolute Gasteiger partial charge is 0.371 e. The number of ether oxygens (including phenoxy) is 1. The Morgan fingerprint density at radius 1 is 1.05 bits per heavy atom. The number of nitrogens with one attached hydrogen (secondary N) is 1. The summed E-state index contributed by atoms with van der Waals surface area (Å²) in [6.07, 6.45) is 5.88. The molecule has 1 N–H and O–H groups in total. The van der Waals surface area contributed by atoms with Crippen molar-refractivity contribution in [2.75, 3.05) is 37.7 Å². The minimum Gasteiger partial charge on any atom is -0.371 e. The van der Waals surface area contributed by atoms with E-state index < -0.39 is 0 Å². The van der Waals surface area contributed by atoms with Crippen LogP contribution in [0.25, 0.3) is 22.2 Å². The summed E-state index contributed by atoms with van der Waals surface area (Å²) in [5.41, 5.74) is 6.72. The van der Waals surface area contributed by atoms with Gasteiger partial charge in [-0.1, -0.05) is 30.3 Å². The molecule has 4 aromatic rings. The van der Waals surface area contributed by atoms with Crippen molar-refractivity contribution in [1.29, 1.82) is 0 Å². The van der Waals surface area contributed by atoms with Crippen molar-refractivity contribution in [2.45, 2.75) is 31.0 Å². The molecule has 8 rings (SSSR count). The van der Waals surface area contributed by atoms with Crippen LogP contribution < -0.4 is 10.2 Å². The first kappa shape index (κ1) is 21.1. The lowest BCUT2D eigenvalue weighted by atomic mass is 9.90. The maximum atomic E-state index is 11.9. The van der Waals surface area contributed by atoms with Crippen molar-refractivity contribution in [3.05, 3.63) is 71.8 Å². The molecule has 0 radical (unpaired) electrons. The first-order valence-corrected chi connectivity index (χ1v) is 13.0. The van der Waals surface area contributed by atoms with Crippen LogP contribution in [0.4, 0.5) is 10.7 Å². The lowest BCUT2D eigenvalue weighted by molar-refractivity contribution is 0.0227. The molecule has 2 aromatic heterocycles. The van der Waals surface area contributed by atoms with Crippen LogP contribution in [0.15, 0.2) is 54.9 Å². The molecule has 2 atom stereocenters. The monoisotopic (exact) mass is 493 g/mol. The number of carbonyl (C=O) groups is 1. The van der Waals surface area contributed by atoms with E-state index in [1.807, 2.05) is 17.3 Å². The Labute approximate surface area is 214 Å². The Hall–Kier alpha value is -3.98. The summed E-state index contributed by atoms with van der Waals surface area (Å²) in [6, 6.07) is 15.4. The molecule has 1 aliphatic carbocycles. The van der Waals surface area contributed by atoms with Gasteiger partial charge in [-0.15, -0.1) is 0 Å². The number of aryl methyl sites for hydroxylation is 1. The minimum atomic E-state index is -0.212. The van der Waals surface area contributed by atoms with E-state index in [1.165, 1.54) is 11.1 Å². The van der Waals surface area contributed by atoms with E-state index in [0.717, 1.165) is 53.9 Å². The van der Waals surface area contributed by atoms with Gasteiger partial charge in [0, 0.05) is 44.1 Å². The third-order valence-corrected chi connectivity index (χ3v) is 8.54. The van der Waals surface area contributed by atoms with Gasteiger partial charge in [0.25, 0.3) is 0 Å². The Bertz CT molecular complexity index is 1550. The Balaban J connectivity index is 1.14. The standard InChI is InChI=1S/C28H27N7O2/c36-27-31-14-21-15-33(9-10-34(21)27)26-29-12-20(13-30-26)19-5-6-23-24(11-19)35-25(32-23)16-37-17-28(35)8-7-18-3-1-2-4-22(18)28/h1-6,11-13,21H,7-10,14-17H2,(H,31,36). The molecule has 4 aliphatic rings. The number of anilines is 1. The molecule has 0 bridgehead atoms. The average molecular weight is 494 g/mol. The summed E-state index contributed by atoms with van der Waals surface area (Å²) < 4.78 is 8.54. The van der Waals surface area contributed by atoms with Gasteiger partial charge < -0.3 is 24.4 Å². The van der Waals surface area contributed by atoms with Crippen LogP contribution in [0.1, 0.15) is 23.4 Å². The molecule has 5 heterocycles. The SMILES string of the molecule is O=C1NCC2CN(c3ncc(-c4ccc5nc6n(c5c4)C4(CCc5ccccc54)COC6)cn3)CCN12. The van der Waals surface area contributed by atoms with Gasteiger partial charge in [-0.05, 0) is 41.7 Å². The molecule has 186 valence electrons. The van der Waals surface area contributed by atoms with Gasteiger partial charge in [0.2, 0.25) is 5.95 Å². The van der Waals surface area contributed by atoms with E-state index in [0.29, 0.717) is 32.3 Å². The zero-order chi connectivity index (χ0) is 24.6. The summed E-state index contributed by atoms with van der Waals surface area (Å²) in [7, 11) is 0. The number of benzene rings is 2. The van der Waals surface area contributed by atoms with Crippen molar-refractivity contribution in [1.82, 2.24) is 29.7 Å². The van der Waals surface area contributed by atoms with Crippen LogP contribution in [-0.2, 0) is 23.3 Å². The number of amides is 2. The van der Waals surface area contributed by atoms with Gasteiger partial charge >= 0.3 is 6.03 Å². The third-order valence-electron chi connectivity index (χ3n) is 8.54. The molecule has 2 amide bonds. The summed E-state index contributed by atoms with van der Waals surface area (Å²) >= 11 is 0. The molecule has 2 unspecified atom stereocenters. The lowest BCUT2D eigenvalue weighted by Crippen LogP contribution is -2.52. The number of fused-ring (bicyclic) bond motifs is 7. The molecular weight excluding hydrogens is 466 g/mol. The molecule has 1 spiro atoms. The quantitative estimate of drug-likeness (QED) is 0.462. The number of aromatic nitrogens is 4. The zero-order valence-corrected chi connectivity index (χ0v) is 20.4. The number of urea groups is 1. The minimum absolute atomic E-state index is 0.0350. The van der Waals surface area contributed by atoms with Gasteiger partial charge in [-0.3, -0.25) is 0 Å². The average Bonchev–Trinajstić information content (AvgIpc) is 3.63. The zero-order valence-electron chi connectivity index (χ0n) is 20.4. The van der Waals surface area contributed by atoms with Gasteiger partial charge in [0.05, 0.1) is 29.2 Å². The lowest BCUT2D eigenvalue weighted by Gasteiger charge is -2.37. The van der Waals surface area contributed by atoms with Crippen molar-refractivity contribution in [2.24, 2.45) is 0 Å². The van der Waals surface area contributed by atoms with Crippen LogP contribution in [0, 0.1) is 0 Å². The predicted octanol–water partition coefficient (Wildman–Crippen LogP) is 2.93. The summed E-state index contributed by atoms with van der Waals surface area (Å²) in [4.78, 5) is 30.4. The molecule has 2 aromatic carbocycles. The second-order valence-corrected chi connectivity index (χ2v) is 10.5. The molecular formula is C28H27N7O2. The molecule has 3 aliphatic heterocycles. The third kappa shape index (κ3) is 3.07. The Morgan fingerprint density at radius 2 is 1.95 bits per heavy atom. The number of rotatable bonds is 2. The maximum Gasteiger partial charge on any atom is 0.317 e. The summed E-state index contributed by atoms with van der Waals surface area (Å²) in [6.45, 7) is 4.06. The second-order valence-electron chi connectivity index (χ2n) is 10.5. The smallest absolute Gasteiger partial charge is 0.317 e. The fraction of sp³-hybridized carbons (Fsp3) is 0.357. The molecule has 37 heavy (non-hydrogen) atoms. The molecule has 0 saturated carbocycles. The Kier molecular flexibility index (Phi) is 4.43. The second kappa shape index (κ2) is 7.76. The fourth-order valence-electron chi connectivity index (χ4n) is 6.72. The number of imidazole rings is 1. The van der Waals surface area contributed by atoms with E-state index in [-0.39, 0.29) is 17.6 Å². The summed E-state index contributed by atoms with van der Waals surface area (Å²) in [5.74, 6) is 1.70. The number of hydrogen-bond acceptors (Lipinski definition) is 6. The van der Waals surface area contributed by atoms with Crippen molar-refractivity contribution >= 4 is 23.0 Å². The highest BCUT2D eigenvalue weighted by Crippen LogP contribution is 2.45. The van der Waals surface area contributed by atoms with E-state index in [9.17, 15) is 4.79 Å². The van der Waals surface area contributed by atoms with Crippen LogP contribution in [0.5, 0.6) is 0 Å². The van der Waals surface area contributed by atoms with Crippen LogP contribution in [-0.4, -0.2) is 69.3 Å². The normalized spacial score (nSPS) is 24.3. The van der Waals surface area contributed by atoms with E-state index in [2.05, 4.69) is 57.2 Å². The number of hydrogen-bond donors (Lipinski definition) is 1. The molecule has 2 saturated heterocycles. The van der Waals surface area contributed by atoms with Crippen molar-refractivity contribution < 1.29 is 9.53 Å². The number of piperazine rings is 1. The van der Waals surface area contributed by atoms with Crippen molar-refractivity contribution in [3.8, 4) is 11.1 Å². The van der Waals surface area contributed by atoms with E-state index >= 15 is 0 Å². The molecule has 2 fully saturated rings. The Morgan fingerprint density at radius 3 is 2.86 bits per heavy atom. The highest BCUT2D eigenvalue weighted by Gasteiger charge is 2.45. The van der Waals surface area contributed by atoms with Crippen LogP contribution >= 0.6 is 0 Å². The highest BCUT2D eigenvalue weighted by molar-refractivity contribution is 5.83. The van der Waals surface area contributed by atoms with Gasteiger partial charge in [0.1, 0.15) is 12.4 Å². The van der Waals surface area contributed by atoms with Crippen LogP contribution in [0.3, 0.4) is 0 Å². The van der Waals surface area contributed by atoms with E-state index in [4.69, 9.17) is 19.7 Å². The number of carbonyl (C=O) groups excluding carboxylic acids is 1. The van der Waals surface area contributed by atoms with Gasteiger partial charge in [-0.25, -0.2) is 19.7 Å². The van der Waals surface area contributed by atoms with Gasteiger partial charge in [-0.2, -0.15) is 0 Å². The summed E-state index contributed by atoms with van der Waals surface area (Å²) in [5, 5.41) is 2.93. The van der Waals surface area contributed by atoms with Gasteiger partial charge in [0.15, 0.2) is 0 Å². The topological polar surface area (TPSA) is 88.4 Å². The first-order valence-electron chi connectivity index (χ1n) is 13.0.